The number of methoxy groups -OCH3 is 2. The number of pyridine rings is 1. The lowest BCUT2D eigenvalue weighted by Crippen LogP contribution is -2.50. The van der Waals surface area contributed by atoms with Crippen LogP contribution in [0.1, 0.15) is 83.9 Å². The Labute approximate surface area is 345 Å². The Bertz CT molecular complexity index is 2200. The Hall–Kier alpha value is -5.54. The smallest absolute Gasteiger partial charge is 0.328 e. The van der Waals surface area contributed by atoms with Gasteiger partial charge in [-0.15, -0.1) is 0 Å². The van der Waals surface area contributed by atoms with Crippen LogP contribution in [0.5, 0.6) is 11.5 Å². The molecule has 312 valence electrons. The van der Waals surface area contributed by atoms with Crippen molar-refractivity contribution in [1.82, 2.24) is 34.8 Å². The Kier molecular flexibility index (Phi) is 11.8. The molecule has 0 saturated carbocycles. The molecule has 5 amide bonds. The van der Waals surface area contributed by atoms with Crippen molar-refractivity contribution in [2.24, 2.45) is 5.41 Å². The highest BCUT2D eigenvalue weighted by Crippen LogP contribution is 2.42. The summed E-state index contributed by atoms with van der Waals surface area (Å²) >= 11 is 0. The minimum Gasteiger partial charge on any atom is -0.495 e. The first kappa shape index (κ1) is 40.2. The zero-order valence-corrected chi connectivity index (χ0v) is 34.4. The Morgan fingerprint density at radius 3 is 2.27 bits per heavy atom. The molecule has 2 aromatic carbocycles. The molecule has 4 aliphatic rings. The summed E-state index contributed by atoms with van der Waals surface area (Å²) < 4.78 is 13.2. The number of carbonyl (C=O) groups is 4. The molecule has 6 heterocycles. The number of urea groups is 1. The number of ether oxygens (including phenoxy) is 2. The number of piperidine rings is 3. The highest BCUT2D eigenvalue weighted by Gasteiger charge is 2.39. The summed E-state index contributed by atoms with van der Waals surface area (Å²) in [6.07, 6.45) is 9.85. The monoisotopic (exact) mass is 805 g/mol. The van der Waals surface area contributed by atoms with E-state index in [1.54, 1.807) is 31.4 Å². The van der Waals surface area contributed by atoms with E-state index in [-0.39, 0.29) is 36.1 Å². The fourth-order valence-corrected chi connectivity index (χ4v) is 9.25. The predicted octanol–water partition coefficient (Wildman–Crippen LogP) is 5.50. The minimum absolute atomic E-state index is 0.0364. The third kappa shape index (κ3) is 8.91. The average Bonchev–Trinajstić information content (AvgIpc) is 3.67. The third-order valence-electron chi connectivity index (χ3n) is 12.9. The van der Waals surface area contributed by atoms with E-state index in [0.29, 0.717) is 40.2 Å². The second-order valence-corrected chi connectivity index (χ2v) is 16.5. The number of hydrogen-bond donors (Lipinski definition) is 2. The molecular formula is C44H55N9O6. The number of amides is 5. The van der Waals surface area contributed by atoms with Gasteiger partial charge in [0.2, 0.25) is 5.91 Å². The second kappa shape index (κ2) is 17.4. The number of benzene rings is 2. The maximum Gasteiger partial charge on any atom is 0.328 e. The van der Waals surface area contributed by atoms with E-state index in [2.05, 4.69) is 36.3 Å². The van der Waals surface area contributed by atoms with Gasteiger partial charge in [0, 0.05) is 68.1 Å². The number of likely N-dealkylation sites (tertiary alicyclic amines) is 3. The number of hydrogen-bond acceptors (Lipinski definition) is 10. The van der Waals surface area contributed by atoms with E-state index in [9.17, 15) is 19.2 Å². The van der Waals surface area contributed by atoms with E-state index in [1.165, 1.54) is 12.0 Å². The van der Waals surface area contributed by atoms with Gasteiger partial charge in [-0.25, -0.2) is 9.78 Å². The fraction of sp³-hybridized carbons (Fsp3) is 0.500. The van der Waals surface area contributed by atoms with Crippen LogP contribution in [0.15, 0.2) is 54.7 Å². The van der Waals surface area contributed by atoms with E-state index < -0.39 is 6.03 Å². The molecular weight excluding hydrogens is 751 g/mol. The summed E-state index contributed by atoms with van der Waals surface area (Å²) in [7, 11) is 3.13. The lowest BCUT2D eigenvalue weighted by atomic mass is 9.71. The Balaban J connectivity index is 0.766. The van der Waals surface area contributed by atoms with Crippen LogP contribution in [0.4, 0.5) is 16.2 Å². The van der Waals surface area contributed by atoms with Crippen LogP contribution in [-0.4, -0.2) is 126 Å². The Morgan fingerprint density at radius 2 is 1.58 bits per heavy atom. The molecule has 59 heavy (non-hydrogen) atoms. The minimum atomic E-state index is -0.504. The molecule has 15 heteroatoms. The predicted molar refractivity (Wildman–Crippen MR) is 224 cm³/mol. The molecule has 4 aromatic rings. The number of aryl methyl sites for hydroxylation is 1. The summed E-state index contributed by atoms with van der Waals surface area (Å²) in [5.74, 6) is 0.427. The summed E-state index contributed by atoms with van der Waals surface area (Å²) in [5.41, 5.74) is 3.88. The quantitative estimate of drug-likeness (QED) is 0.199. The average molecular weight is 806 g/mol. The number of imide groups is 1. The number of aromatic nitrogens is 3. The molecule has 0 atom stereocenters. The Morgan fingerprint density at radius 1 is 0.864 bits per heavy atom. The molecule has 4 fully saturated rings. The largest absolute Gasteiger partial charge is 0.495 e. The first-order valence-electron chi connectivity index (χ1n) is 21.0. The zero-order valence-electron chi connectivity index (χ0n) is 34.4. The summed E-state index contributed by atoms with van der Waals surface area (Å²) in [6, 6.07) is 14.2. The number of fused-ring (bicyclic) bond motifs is 1. The van der Waals surface area contributed by atoms with Gasteiger partial charge < -0.3 is 29.5 Å². The maximum atomic E-state index is 13.7. The lowest BCUT2D eigenvalue weighted by Gasteiger charge is -2.47. The summed E-state index contributed by atoms with van der Waals surface area (Å²) in [6.45, 7) is 10.0. The molecule has 4 saturated heterocycles. The van der Waals surface area contributed by atoms with Crippen LogP contribution in [0.3, 0.4) is 0 Å². The van der Waals surface area contributed by atoms with E-state index in [0.717, 1.165) is 114 Å². The van der Waals surface area contributed by atoms with E-state index in [1.807, 2.05) is 36.1 Å². The molecule has 2 N–H and O–H groups in total. The molecule has 4 aliphatic heterocycles. The van der Waals surface area contributed by atoms with Gasteiger partial charge in [0.25, 0.3) is 11.8 Å². The van der Waals surface area contributed by atoms with E-state index >= 15 is 0 Å². The summed E-state index contributed by atoms with van der Waals surface area (Å²) in [4.78, 5) is 63.8. The van der Waals surface area contributed by atoms with Crippen LogP contribution < -0.4 is 25.0 Å². The van der Waals surface area contributed by atoms with Gasteiger partial charge in [-0.3, -0.25) is 29.3 Å². The van der Waals surface area contributed by atoms with E-state index in [4.69, 9.17) is 14.6 Å². The first-order valence-corrected chi connectivity index (χ1v) is 21.0. The van der Waals surface area contributed by atoms with Crippen molar-refractivity contribution < 1.29 is 28.7 Å². The van der Waals surface area contributed by atoms with Gasteiger partial charge in [0.1, 0.15) is 17.2 Å². The van der Waals surface area contributed by atoms with Gasteiger partial charge in [-0.1, -0.05) is 6.07 Å². The SMILES string of the molecule is COc1cc2nn(C3CCN(CCCN4CCC5(CC4)CCN(C(=O)c4ccc(OC)c(N6CCC(=O)NC6=O)c4)CC5)CC3)cc2cc1NC(=O)c1cccc(C)n1. The third-order valence-corrected chi connectivity index (χ3v) is 12.9. The van der Waals surface area contributed by atoms with Crippen molar-refractivity contribution in [3.05, 3.63) is 71.7 Å². The van der Waals surface area contributed by atoms with Crippen LogP contribution in [0, 0.1) is 12.3 Å². The van der Waals surface area contributed by atoms with Crippen molar-refractivity contribution >= 4 is 46.0 Å². The molecule has 0 aliphatic carbocycles. The van der Waals surface area contributed by atoms with Crippen LogP contribution in [0.2, 0.25) is 0 Å². The standard InChI is InChI=1S/C44H55N9O6/c1-30-6-4-7-34(45-30)41(55)46-36-26-32-29-53(48-35(32)28-39(36)59-3)33-10-19-49(20-11-33)17-5-18-50-22-13-44(14-23-50)15-24-51(25-16-44)42(56)31-8-9-38(58-2)37(27-31)52-21-12-40(54)47-43(52)57/h4,6-9,26-29,33H,5,10-25H2,1-3H3,(H,46,55)(H,47,54,57). The molecule has 1 spiro atoms. The highest BCUT2D eigenvalue weighted by molar-refractivity contribution is 6.07. The van der Waals surface area contributed by atoms with Gasteiger partial charge in [-0.2, -0.15) is 5.10 Å². The molecule has 2 aromatic heterocycles. The highest BCUT2D eigenvalue weighted by atomic mass is 16.5. The molecule has 8 rings (SSSR count). The van der Waals surface area contributed by atoms with Crippen LogP contribution >= 0.6 is 0 Å². The zero-order chi connectivity index (χ0) is 41.1. The van der Waals surface area contributed by atoms with Crippen molar-refractivity contribution in [3.8, 4) is 11.5 Å². The van der Waals surface area contributed by atoms with Crippen molar-refractivity contribution in [1.29, 1.82) is 0 Å². The van der Waals surface area contributed by atoms with Crippen LogP contribution in [0.25, 0.3) is 10.9 Å². The normalized spacial score (nSPS) is 19.2. The van der Waals surface area contributed by atoms with Crippen molar-refractivity contribution in [3.63, 3.8) is 0 Å². The number of carbonyl (C=O) groups excluding carboxylic acids is 4. The van der Waals surface area contributed by atoms with Gasteiger partial charge in [-0.05, 0) is 120 Å². The number of nitrogens with zero attached hydrogens (tertiary/aromatic N) is 7. The fourth-order valence-electron chi connectivity index (χ4n) is 9.25. The lowest BCUT2D eigenvalue weighted by molar-refractivity contribution is -0.120. The molecule has 0 unspecified atom stereocenters. The summed E-state index contributed by atoms with van der Waals surface area (Å²) in [5, 5.41) is 11.2. The maximum absolute atomic E-state index is 13.7. The number of nitrogens with one attached hydrogen (secondary N) is 2. The first-order chi connectivity index (χ1) is 28.6. The van der Waals surface area contributed by atoms with Gasteiger partial charge in [0.15, 0.2) is 0 Å². The topological polar surface area (TPSA) is 154 Å². The second-order valence-electron chi connectivity index (χ2n) is 16.5. The van der Waals surface area contributed by atoms with Crippen LogP contribution in [-0.2, 0) is 4.79 Å². The number of rotatable bonds is 11. The molecule has 0 bridgehead atoms. The van der Waals surface area contributed by atoms with Crippen molar-refractivity contribution in [2.75, 3.05) is 83.3 Å². The number of anilines is 2. The van der Waals surface area contributed by atoms with Gasteiger partial charge >= 0.3 is 6.03 Å². The van der Waals surface area contributed by atoms with Crippen molar-refractivity contribution in [2.45, 2.75) is 64.3 Å². The van der Waals surface area contributed by atoms with Gasteiger partial charge in [0.05, 0.1) is 37.2 Å². The molecule has 15 nitrogen and oxygen atoms in total. The molecule has 0 radical (unpaired) electrons.